The molecular formula is C11H20N2O. The molecule has 2 unspecified atom stereocenters. The van der Waals surface area contributed by atoms with Crippen LogP contribution in [0.4, 0.5) is 0 Å². The molecule has 1 aliphatic rings. The van der Waals surface area contributed by atoms with Gasteiger partial charge in [-0.25, -0.2) is 0 Å². The quantitative estimate of drug-likeness (QED) is 0.517. The maximum atomic E-state index is 11.3. The van der Waals surface area contributed by atoms with Crippen molar-refractivity contribution in [1.29, 1.82) is 0 Å². The third-order valence-electron chi connectivity index (χ3n) is 2.72. The predicted molar refractivity (Wildman–Crippen MR) is 57.8 cm³/mol. The lowest BCUT2D eigenvalue weighted by Crippen LogP contribution is -2.46. The van der Waals surface area contributed by atoms with Gasteiger partial charge in [-0.15, -0.1) is 0 Å². The highest BCUT2D eigenvalue weighted by molar-refractivity contribution is 5.87. The van der Waals surface area contributed by atoms with Gasteiger partial charge in [0.05, 0.1) is 0 Å². The summed E-state index contributed by atoms with van der Waals surface area (Å²) in [4.78, 5) is 11.3. The van der Waals surface area contributed by atoms with Gasteiger partial charge in [0.2, 0.25) is 5.91 Å². The minimum atomic E-state index is -0.0187. The number of carbonyl (C=O) groups is 1. The molecule has 3 heteroatoms. The van der Waals surface area contributed by atoms with Crippen LogP contribution in [0.5, 0.6) is 0 Å². The average molecular weight is 196 g/mol. The van der Waals surface area contributed by atoms with Gasteiger partial charge in [-0.05, 0) is 25.8 Å². The third kappa shape index (κ3) is 3.50. The van der Waals surface area contributed by atoms with Crippen LogP contribution >= 0.6 is 0 Å². The molecule has 1 fully saturated rings. The first-order valence-electron chi connectivity index (χ1n) is 5.43. The van der Waals surface area contributed by atoms with Crippen molar-refractivity contribution in [1.82, 2.24) is 5.32 Å². The van der Waals surface area contributed by atoms with Crippen LogP contribution < -0.4 is 11.1 Å². The Balaban J connectivity index is 2.44. The summed E-state index contributed by atoms with van der Waals surface area (Å²) in [7, 11) is 0. The smallest absolute Gasteiger partial charge is 0.243 e. The van der Waals surface area contributed by atoms with E-state index >= 15 is 0 Å². The molecule has 1 aliphatic carbocycles. The maximum Gasteiger partial charge on any atom is 0.243 e. The molecule has 0 aromatic carbocycles. The minimum absolute atomic E-state index is 0.0187. The summed E-state index contributed by atoms with van der Waals surface area (Å²) in [5, 5.41) is 2.96. The van der Waals surface area contributed by atoms with E-state index in [1.165, 1.54) is 19.3 Å². The van der Waals surface area contributed by atoms with E-state index in [1.807, 2.05) is 6.92 Å². The molecule has 3 nitrogen and oxygen atoms in total. The highest BCUT2D eigenvalue weighted by Crippen LogP contribution is 2.16. The SMILES string of the molecule is C/C=C/C(=O)NC1CCCCCC1N. The van der Waals surface area contributed by atoms with Gasteiger partial charge in [0, 0.05) is 12.1 Å². The largest absolute Gasteiger partial charge is 0.348 e. The van der Waals surface area contributed by atoms with E-state index in [9.17, 15) is 4.79 Å². The summed E-state index contributed by atoms with van der Waals surface area (Å²) in [5.41, 5.74) is 5.98. The second-order valence-electron chi connectivity index (χ2n) is 3.92. The highest BCUT2D eigenvalue weighted by atomic mass is 16.1. The molecule has 0 radical (unpaired) electrons. The molecule has 0 bridgehead atoms. The average Bonchev–Trinajstić information content (AvgIpc) is 2.33. The zero-order valence-corrected chi connectivity index (χ0v) is 8.83. The Kier molecular flexibility index (Phi) is 4.66. The van der Waals surface area contributed by atoms with Crippen molar-refractivity contribution in [3.05, 3.63) is 12.2 Å². The van der Waals surface area contributed by atoms with E-state index in [2.05, 4.69) is 5.32 Å². The van der Waals surface area contributed by atoms with Gasteiger partial charge in [0.25, 0.3) is 0 Å². The molecule has 0 aliphatic heterocycles. The minimum Gasteiger partial charge on any atom is -0.348 e. The van der Waals surface area contributed by atoms with Crippen LogP contribution in [0.1, 0.15) is 39.0 Å². The summed E-state index contributed by atoms with van der Waals surface area (Å²) < 4.78 is 0. The third-order valence-corrected chi connectivity index (χ3v) is 2.72. The van der Waals surface area contributed by atoms with Gasteiger partial charge in [-0.1, -0.05) is 25.3 Å². The topological polar surface area (TPSA) is 55.1 Å². The number of hydrogen-bond acceptors (Lipinski definition) is 2. The van der Waals surface area contributed by atoms with Gasteiger partial charge in [-0.2, -0.15) is 0 Å². The first-order valence-corrected chi connectivity index (χ1v) is 5.43. The van der Waals surface area contributed by atoms with Crippen molar-refractivity contribution in [2.45, 2.75) is 51.1 Å². The normalized spacial score (nSPS) is 28.7. The molecule has 1 saturated carbocycles. The highest BCUT2D eigenvalue weighted by Gasteiger charge is 2.20. The Labute approximate surface area is 85.7 Å². The molecule has 0 aromatic heterocycles. The Morgan fingerprint density at radius 3 is 2.79 bits per heavy atom. The van der Waals surface area contributed by atoms with Crippen LogP contribution in [0.25, 0.3) is 0 Å². The number of nitrogens with two attached hydrogens (primary N) is 1. The summed E-state index contributed by atoms with van der Waals surface area (Å²) >= 11 is 0. The molecule has 1 rings (SSSR count). The van der Waals surface area contributed by atoms with Crippen LogP contribution in [-0.2, 0) is 4.79 Å². The van der Waals surface area contributed by atoms with E-state index < -0.39 is 0 Å². The Morgan fingerprint density at radius 2 is 2.07 bits per heavy atom. The van der Waals surface area contributed by atoms with E-state index in [0.717, 1.165) is 12.8 Å². The fraction of sp³-hybridized carbons (Fsp3) is 0.727. The molecule has 3 N–H and O–H groups in total. The number of amides is 1. The molecular weight excluding hydrogens is 176 g/mol. The molecule has 0 spiro atoms. The monoisotopic (exact) mass is 196 g/mol. The van der Waals surface area contributed by atoms with Gasteiger partial charge >= 0.3 is 0 Å². The molecule has 80 valence electrons. The summed E-state index contributed by atoms with van der Waals surface area (Å²) in [6.45, 7) is 1.84. The first kappa shape index (κ1) is 11.2. The zero-order valence-electron chi connectivity index (χ0n) is 8.83. The summed E-state index contributed by atoms with van der Waals surface area (Å²) in [6, 6.07) is 0.299. The number of allylic oxidation sites excluding steroid dienone is 1. The molecule has 2 atom stereocenters. The van der Waals surface area contributed by atoms with Crippen LogP contribution in [0.2, 0.25) is 0 Å². The fourth-order valence-electron chi connectivity index (χ4n) is 1.90. The number of rotatable bonds is 2. The number of carbonyl (C=O) groups excluding carboxylic acids is 1. The van der Waals surface area contributed by atoms with E-state index in [1.54, 1.807) is 12.2 Å². The lowest BCUT2D eigenvalue weighted by Gasteiger charge is -2.21. The van der Waals surface area contributed by atoms with E-state index in [4.69, 9.17) is 5.73 Å². The number of hydrogen-bond donors (Lipinski definition) is 2. The maximum absolute atomic E-state index is 11.3. The van der Waals surface area contributed by atoms with Crippen molar-refractivity contribution in [3.8, 4) is 0 Å². The van der Waals surface area contributed by atoms with Crippen molar-refractivity contribution < 1.29 is 4.79 Å². The van der Waals surface area contributed by atoms with Gasteiger partial charge in [0.15, 0.2) is 0 Å². The van der Waals surface area contributed by atoms with Crippen molar-refractivity contribution >= 4 is 5.91 Å². The van der Waals surface area contributed by atoms with Crippen molar-refractivity contribution in [3.63, 3.8) is 0 Å². The molecule has 1 amide bonds. The lowest BCUT2D eigenvalue weighted by molar-refractivity contribution is -0.117. The predicted octanol–water partition coefficient (Wildman–Crippen LogP) is 1.34. The molecule has 0 saturated heterocycles. The van der Waals surface area contributed by atoms with Gasteiger partial charge in [-0.3, -0.25) is 4.79 Å². The van der Waals surface area contributed by atoms with Crippen molar-refractivity contribution in [2.75, 3.05) is 0 Å². The van der Waals surface area contributed by atoms with Crippen LogP contribution in [0.15, 0.2) is 12.2 Å². The molecule has 14 heavy (non-hydrogen) atoms. The van der Waals surface area contributed by atoms with E-state index in [0.29, 0.717) is 0 Å². The first-order chi connectivity index (χ1) is 6.74. The van der Waals surface area contributed by atoms with Crippen molar-refractivity contribution in [2.24, 2.45) is 5.73 Å². The fourth-order valence-corrected chi connectivity index (χ4v) is 1.90. The zero-order chi connectivity index (χ0) is 10.4. The van der Waals surface area contributed by atoms with Crippen LogP contribution in [0.3, 0.4) is 0 Å². The second kappa shape index (κ2) is 5.81. The van der Waals surface area contributed by atoms with Crippen LogP contribution in [0, 0.1) is 0 Å². The Morgan fingerprint density at radius 1 is 1.36 bits per heavy atom. The van der Waals surface area contributed by atoms with E-state index in [-0.39, 0.29) is 18.0 Å². The lowest BCUT2D eigenvalue weighted by atomic mass is 10.0. The standard InChI is InChI=1S/C11H20N2O/c1-2-6-11(14)13-10-8-5-3-4-7-9(10)12/h2,6,9-10H,3-5,7-8,12H2,1H3,(H,13,14)/b6-2+. The number of nitrogens with one attached hydrogen (secondary N) is 1. The van der Waals surface area contributed by atoms with Crippen LogP contribution in [-0.4, -0.2) is 18.0 Å². The van der Waals surface area contributed by atoms with Gasteiger partial charge < -0.3 is 11.1 Å². The second-order valence-corrected chi connectivity index (χ2v) is 3.92. The Hall–Kier alpha value is -0.830. The Bertz CT molecular complexity index is 213. The summed E-state index contributed by atoms with van der Waals surface area (Å²) in [5.74, 6) is -0.0187. The molecule has 0 aromatic rings. The van der Waals surface area contributed by atoms with Gasteiger partial charge in [0.1, 0.15) is 0 Å². The molecule has 0 heterocycles. The summed E-state index contributed by atoms with van der Waals surface area (Å²) in [6.07, 6.45) is 8.95.